The molecule has 0 radical (unpaired) electrons. The van der Waals surface area contributed by atoms with Gasteiger partial charge in [0.2, 0.25) is 0 Å². The zero-order valence-corrected chi connectivity index (χ0v) is 10.3. The maximum Gasteiger partial charge on any atom is 0.387 e. The lowest BCUT2D eigenvalue weighted by Gasteiger charge is -2.13. The van der Waals surface area contributed by atoms with Crippen molar-refractivity contribution in [3.8, 4) is 5.75 Å². The standard InChI is InChI=1S/C12H15F2NO.ClH/c1-8(2)6-11(15)9-4-3-5-10(7-9)16-12(13)14;/h3-5,7,11-12H,1,6,15H2,2H3;1H/t11-;/m0./s1. The van der Waals surface area contributed by atoms with E-state index in [4.69, 9.17) is 5.73 Å². The first-order valence-electron chi connectivity index (χ1n) is 4.93. The lowest BCUT2D eigenvalue weighted by atomic mass is 10.0. The van der Waals surface area contributed by atoms with E-state index in [2.05, 4.69) is 11.3 Å². The van der Waals surface area contributed by atoms with E-state index in [1.807, 2.05) is 6.92 Å². The summed E-state index contributed by atoms with van der Waals surface area (Å²) >= 11 is 0. The topological polar surface area (TPSA) is 35.2 Å². The SMILES string of the molecule is C=C(C)C[C@H](N)c1cccc(OC(F)F)c1.Cl. The Morgan fingerprint density at radius 2 is 2.12 bits per heavy atom. The molecule has 0 amide bonds. The van der Waals surface area contributed by atoms with Crippen LogP contribution in [0.3, 0.4) is 0 Å². The number of nitrogens with two attached hydrogens (primary N) is 1. The molecule has 17 heavy (non-hydrogen) atoms. The lowest BCUT2D eigenvalue weighted by molar-refractivity contribution is -0.0498. The van der Waals surface area contributed by atoms with Crippen LogP contribution in [0, 0.1) is 0 Å². The van der Waals surface area contributed by atoms with Gasteiger partial charge in [-0.1, -0.05) is 17.7 Å². The Labute approximate surface area is 106 Å². The summed E-state index contributed by atoms with van der Waals surface area (Å²) < 4.78 is 28.3. The van der Waals surface area contributed by atoms with E-state index in [1.54, 1.807) is 12.1 Å². The second kappa shape index (κ2) is 7.25. The van der Waals surface area contributed by atoms with Crippen molar-refractivity contribution in [2.45, 2.75) is 26.0 Å². The van der Waals surface area contributed by atoms with Gasteiger partial charge in [0.15, 0.2) is 0 Å². The molecule has 0 saturated carbocycles. The van der Waals surface area contributed by atoms with Crippen molar-refractivity contribution < 1.29 is 13.5 Å². The van der Waals surface area contributed by atoms with Gasteiger partial charge in [-0.05, 0) is 31.0 Å². The van der Waals surface area contributed by atoms with E-state index in [0.29, 0.717) is 6.42 Å². The Morgan fingerprint density at radius 1 is 1.47 bits per heavy atom. The molecule has 0 spiro atoms. The fraction of sp³-hybridized carbons (Fsp3) is 0.333. The van der Waals surface area contributed by atoms with E-state index >= 15 is 0 Å². The molecule has 0 aliphatic heterocycles. The summed E-state index contributed by atoms with van der Waals surface area (Å²) in [6.45, 7) is 2.82. The van der Waals surface area contributed by atoms with Crippen molar-refractivity contribution in [1.29, 1.82) is 0 Å². The summed E-state index contributed by atoms with van der Waals surface area (Å²) in [6, 6.07) is 6.19. The number of hydrogen-bond acceptors (Lipinski definition) is 2. The van der Waals surface area contributed by atoms with Crippen molar-refractivity contribution in [3.63, 3.8) is 0 Å². The number of alkyl halides is 2. The van der Waals surface area contributed by atoms with Gasteiger partial charge in [-0.15, -0.1) is 19.0 Å². The molecule has 0 bridgehead atoms. The van der Waals surface area contributed by atoms with Crippen molar-refractivity contribution in [1.82, 2.24) is 0 Å². The summed E-state index contributed by atoms with van der Waals surface area (Å²) in [6.07, 6.45) is 0.623. The molecule has 96 valence electrons. The molecule has 0 aliphatic rings. The molecule has 0 fully saturated rings. The molecular formula is C12H16ClF2NO. The van der Waals surface area contributed by atoms with Crippen molar-refractivity contribution in [3.05, 3.63) is 42.0 Å². The molecule has 0 heterocycles. The number of benzene rings is 1. The highest BCUT2D eigenvalue weighted by Crippen LogP contribution is 2.22. The monoisotopic (exact) mass is 263 g/mol. The van der Waals surface area contributed by atoms with Crippen LogP contribution >= 0.6 is 12.4 Å². The quantitative estimate of drug-likeness (QED) is 0.823. The Bertz CT molecular complexity index is 371. The van der Waals surface area contributed by atoms with Gasteiger partial charge >= 0.3 is 6.61 Å². The first kappa shape index (κ1) is 15.9. The summed E-state index contributed by atoms with van der Waals surface area (Å²) in [5.41, 5.74) is 7.61. The van der Waals surface area contributed by atoms with Crippen molar-refractivity contribution >= 4 is 12.4 Å². The van der Waals surface area contributed by atoms with Crippen molar-refractivity contribution in [2.75, 3.05) is 0 Å². The summed E-state index contributed by atoms with van der Waals surface area (Å²) in [5, 5.41) is 0. The van der Waals surface area contributed by atoms with Crippen LogP contribution in [0.5, 0.6) is 5.75 Å². The third kappa shape index (κ3) is 5.65. The normalized spacial score (nSPS) is 11.8. The number of halogens is 3. The number of hydrogen-bond donors (Lipinski definition) is 1. The van der Waals surface area contributed by atoms with E-state index in [9.17, 15) is 8.78 Å². The van der Waals surface area contributed by atoms with Gasteiger partial charge in [-0.2, -0.15) is 8.78 Å². The lowest BCUT2D eigenvalue weighted by Crippen LogP contribution is -2.11. The van der Waals surface area contributed by atoms with Crippen LogP contribution in [0.2, 0.25) is 0 Å². The van der Waals surface area contributed by atoms with Crippen molar-refractivity contribution in [2.24, 2.45) is 5.73 Å². The first-order valence-corrected chi connectivity index (χ1v) is 4.93. The average molecular weight is 264 g/mol. The van der Waals surface area contributed by atoms with Gasteiger partial charge in [0.1, 0.15) is 5.75 Å². The van der Waals surface area contributed by atoms with Gasteiger partial charge < -0.3 is 10.5 Å². The predicted octanol–water partition coefficient (Wildman–Crippen LogP) is 3.68. The van der Waals surface area contributed by atoms with E-state index < -0.39 is 6.61 Å². The molecule has 1 aromatic rings. The molecule has 1 aromatic carbocycles. The van der Waals surface area contributed by atoms with Crippen LogP contribution in [0.4, 0.5) is 8.78 Å². The summed E-state index contributed by atoms with van der Waals surface area (Å²) in [5.74, 6) is 0.129. The average Bonchev–Trinajstić information content (AvgIpc) is 2.16. The third-order valence-corrected chi connectivity index (χ3v) is 2.08. The molecule has 5 heteroatoms. The van der Waals surface area contributed by atoms with E-state index in [1.165, 1.54) is 12.1 Å². The van der Waals surface area contributed by atoms with E-state index in [0.717, 1.165) is 11.1 Å². The fourth-order valence-corrected chi connectivity index (χ4v) is 1.41. The zero-order valence-electron chi connectivity index (χ0n) is 9.53. The minimum Gasteiger partial charge on any atom is -0.435 e. The van der Waals surface area contributed by atoms with Gasteiger partial charge in [-0.25, -0.2) is 0 Å². The highest BCUT2D eigenvalue weighted by atomic mass is 35.5. The highest BCUT2D eigenvalue weighted by Gasteiger charge is 2.09. The molecule has 1 atom stereocenters. The Balaban J connectivity index is 0.00000256. The predicted molar refractivity (Wildman–Crippen MR) is 66.7 cm³/mol. The van der Waals surface area contributed by atoms with Crippen LogP contribution < -0.4 is 10.5 Å². The third-order valence-electron chi connectivity index (χ3n) is 2.08. The maximum atomic E-state index is 12.0. The Hall–Kier alpha value is -1.13. The Kier molecular flexibility index (Phi) is 6.76. The molecular weight excluding hydrogens is 248 g/mol. The van der Waals surface area contributed by atoms with Crippen LogP contribution in [-0.4, -0.2) is 6.61 Å². The minimum absolute atomic E-state index is 0. The summed E-state index contributed by atoms with van der Waals surface area (Å²) in [7, 11) is 0. The molecule has 2 nitrogen and oxygen atoms in total. The second-order valence-electron chi connectivity index (χ2n) is 3.72. The molecule has 0 unspecified atom stereocenters. The van der Waals surface area contributed by atoms with Crippen LogP contribution in [0.25, 0.3) is 0 Å². The highest BCUT2D eigenvalue weighted by molar-refractivity contribution is 5.85. The van der Waals surface area contributed by atoms with Crippen LogP contribution in [0.1, 0.15) is 24.9 Å². The van der Waals surface area contributed by atoms with E-state index in [-0.39, 0.29) is 24.2 Å². The van der Waals surface area contributed by atoms with Gasteiger partial charge in [-0.3, -0.25) is 0 Å². The molecule has 0 saturated heterocycles. The minimum atomic E-state index is -2.81. The molecule has 0 aromatic heterocycles. The number of ether oxygens (including phenoxy) is 1. The van der Waals surface area contributed by atoms with Gasteiger partial charge in [0, 0.05) is 6.04 Å². The Morgan fingerprint density at radius 3 is 2.65 bits per heavy atom. The van der Waals surface area contributed by atoms with Crippen LogP contribution in [-0.2, 0) is 0 Å². The molecule has 2 N–H and O–H groups in total. The smallest absolute Gasteiger partial charge is 0.387 e. The number of rotatable bonds is 5. The largest absolute Gasteiger partial charge is 0.435 e. The molecule has 0 aliphatic carbocycles. The fourth-order valence-electron chi connectivity index (χ4n) is 1.41. The van der Waals surface area contributed by atoms with Crippen LogP contribution in [0.15, 0.2) is 36.4 Å². The first-order chi connectivity index (χ1) is 7.49. The maximum absolute atomic E-state index is 12.0. The second-order valence-corrected chi connectivity index (χ2v) is 3.72. The zero-order chi connectivity index (χ0) is 12.1. The molecule has 1 rings (SSSR count). The summed E-state index contributed by atoms with van der Waals surface area (Å²) in [4.78, 5) is 0. The van der Waals surface area contributed by atoms with Gasteiger partial charge in [0.25, 0.3) is 0 Å². The van der Waals surface area contributed by atoms with Gasteiger partial charge in [0.05, 0.1) is 0 Å².